The highest BCUT2D eigenvalue weighted by molar-refractivity contribution is 8.30. The summed E-state index contributed by atoms with van der Waals surface area (Å²) in [5.41, 5.74) is 1.54. The number of hydrogen-bond acceptors (Lipinski definition) is 2. The van der Waals surface area contributed by atoms with E-state index in [0.717, 1.165) is 36.4 Å². The molecule has 386 valence electrons. The number of carbonyl (C=O) groups excluding carboxylic acids is 1. The smallest absolute Gasteiger partial charge is 0.397 e. The van der Waals surface area contributed by atoms with Gasteiger partial charge in [-0.05, 0) is 102 Å². The van der Waals surface area contributed by atoms with Gasteiger partial charge in [0.25, 0.3) is 0 Å². The third-order valence-electron chi connectivity index (χ3n) is 10.6. The zero-order valence-electron chi connectivity index (χ0n) is 35.2. The Bertz CT molecular complexity index is 2030. The second-order valence-electron chi connectivity index (χ2n) is 15.4. The van der Waals surface area contributed by atoms with Crippen molar-refractivity contribution in [3.63, 3.8) is 0 Å². The van der Waals surface area contributed by atoms with E-state index in [1.165, 1.54) is 36.4 Å². The highest BCUT2D eigenvalue weighted by atomic mass is 32.3. The molecule has 3 aromatic rings. The minimum atomic E-state index is -9.57. The normalized spacial score (nSPS) is 14.9. The van der Waals surface area contributed by atoms with Crippen LogP contribution in [0.4, 0.5) is 101 Å². The molecule has 68 heavy (non-hydrogen) atoms. The summed E-state index contributed by atoms with van der Waals surface area (Å²) in [5.74, 6) is -94.6. The molecule has 0 radical (unpaired) electrons. The average molecular weight is 1040 g/mol. The van der Waals surface area contributed by atoms with Crippen LogP contribution in [0, 0.1) is 0 Å². The Morgan fingerprint density at radius 2 is 0.588 bits per heavy atom. The Labute approximate surface area is 374 Å². The van der Waals surface area contributed by atoms with Crippen LogP contribution in [0.1, 0.15) is 76.0 Å². The average Bonchev–Trinajstić information content (AvgIpc) is 3.25. The van der Waals surface area contributed by atoms with E-state index in [9.17, 15) is 79.4 Å². The first-order chi connectivity index (χ1) is 30.7. The number of carbonyl (C=O) groups is 1. The molecule has 3 rings (SSSR count). The lowest BCUT2D eigenvalue weighted by molar-refractivity contribution is -0.477. The van der Waals surface area contributed by atoms with Crippen molar-refractivity contribution in [2.75, 3.05) is 0 Å². The molecule has 3 aromatic carbocycles. The molecule has 0 aliphatic rings. The summed E-state index contributed by atoms with van der Waals surface area (Å²) in [5, 5.41) is 0. The Hall–Kier alpha value is -4.13. The molecule has 0 saturated heterocycles. The second-order valence-corrected chi connectivity index (χ2v) is 18.1. The molecule has 0 aliphatic heterocycles. The van der Waals surface area contributed by atoms with Crippen molar-refractivity contribution >= 4 is 16.3 Å². The Balaban J connectivity index is 2.33. The van der Waals surface area contributed by atoms with E-state index in [-0.39, 0.29) is 0 Å². The van der Waals surface area contributed by atoms with Gasteiger partial charge >= 0.3 is 71.4 Å². The number of rotatable bonds is 23. The second kappa shape index (κ2) is 19.6. The molecule has 0 atom stereocenters. The van der Waals surface area contributed by atoms with Gasteiger partial charge in [-0.2, -0.15) is 101 Å². The number of unbranched alkanes of at least 4 members (excludes halogenated alkanes) is 3. The van der Waals surface area contributed by atoms with Gasteiger partial charge in [-0.1, -0.05) is 76.4 Å². The fourth-order valence-electron chi connectivity index (χ4n) is 6.29. The standard InChI is InChI=1S/C42H39F23O2S/c1-4-7-10-25-13-19-28(20-14-25)68(29-21-15-26(16-22-29)11-8-5-2,30-23-17-27(18-24-30)12-9-6-3)67-31(66)32(43,44)33(45,46)34(47,48)35(49,50)36(51,52)37(53,54)38(55,56)39(57,58)40(59,60)41(61,62)42(63,64)65/h13-24H,4-12H2,1-3H3. The number of alkyl halides is 23. The lowest BCUT2D eigenvalue weighted by Crippen LogP contribution is -2.78. The van der Waals surface area contributed by atoms with Crippen molar-refractivity contribution in [2.45, 2.75) is 159 Å². The molecule has 0 heterocycles. The predicted octanol–water partition coefficient (Wildman–Crippen LogP) is 16.4. The van der Waals surface area contributed by atoms with Crippen LogP contribution in [-0.2, 0) is 28.2 Å². The van der Waals surface area contributed by atoms with Crippen LogP contribution in [0.15, 0.2) is 87.5 Å². The molecule has 0 unspecified atom stereocenters. The van der Waals surface area contributed by atoms with Crippen molar-refractivity contribution in [1.82, 2.24) is 0 Å². The molecule has 0 bridgehead atoms. The fourth-order valence-corrected chi connectivity index (χ4v) is 9.28. The predicted molar refractivity (Wildman–Crippen MR) is 199 cm³/mol. The van der Waals surface area contributed by atoms with Gasteiger partial charge in [0.05, 0.1) is 0 Å². The molecular formula is C42H39F23O2S. The van der Waals surface area contributed by atoms with Gasteiger partial charge in [0.2, 0.25) is 0 Å². The summed E-state index contributed by atoms with van der Waals surface area (Å²) < 4.78 is 333. The number of hydrogen-bond donors (Lipinski definition) is 0. The van der Waals surface area contributed by atoms with Crippen LogP contribution in [0.3, 0.4) is 0 Å². The van der Waals surface area contributed by atoms with E-state index in [4.69, 9.17) is 4.18 Å². The molecule has 0 amide bonds. The third-order valence-corrected chi connectivity index (χ3v) is 13.8. The third kappa shape index (κ3) is 9.32. The molecule has 0 fully saturated rings. The number of aryl methyl sites for hydroxylation is 3. The lowest BCUT2D eigenvalue weighted by Gasteiger charge is -2.45. The van der Waals surface area contributed by atoms with Crippen molar-refractivity contribution in [3.05, 3.63) is 89.5 Å². The molecule has 0 spiro atoms. The fraction of sp³-hybridized carbons (Fsp3) is 0.548. The summed E-state index contributed by atoms with van der Waals surface area (Å²) >= 11 is 0. The van der Waals surface area contributed by atoms with Crippen molar-refractivity contribution in [3.8, 4) is 0 Å². The quantitative estimate of drug-likeness (QED) is 0.0885. The maximum atomic E-state index is 15.8. The van der Waals surface area contributed by atoms with Crippen molar-refractivity contribution in [1.29, 1.82) is 0 Å². The van der Waals surface area contributed by atoms with Gasteiger partial charge in [-0.25, -0.2) is 4.79 Å². The van der Waals surface area contributed by atoms with E-state index in [2.05, 4.69) is 0 Å². The van der Waals surface area contributed by atoms with E-state index < -0.39 is 96.4 Å². The minimum Gasteiger partial charge on any atom is -0.397 e. The molecule has 0 saturated carbocycles. The van der Waals surface area contributed by atoms with Crippen molar-refractivity contribution < 1.29 is 110 Å². The van der Waals surface area contributed by atoms with Gasteiger partial charge in [0.1, 0.15) is 0 Å². The molecule has 0 aromatic heterocycles. The van der Waals surface area contributed by atoms with Crippen LogP contribution in [0.5, 0.6) is 0 Å². The first-order valence-corrected chi connectivity index (χ1v) is 21.5. The largest absolute Gasteiger partial charge is 0.460 e. The maximum absolute atomic E-state index is 15.8. The summed E-state index contributed by atoms with van der Waals surface area (Å²) in [6.45, 7) is 5.38. The van der Waals surface area contributed by atoms with Gasteiger partial charge in [0.15, 0.2) is 0 Å². The van der Waals surface area contributed by atoms with E-state index in [1.807, 2.05) is 0 Å². The maximum Gasteiger partial charge on any atom is 0.460 e. The van der Waals surface area contributed by atoms with Gasteiger partial charge < -0.3 is 4.18 Å². The van der Waals surface area contributed by atoms with Gasteiger partial charge in [-0.3, -0.25) is 0 Å². The van der Waals surface area contributed by atoms with Crippen LogP contribution in [0.25, 0.3) is 0 Å². The van der Waals surface area contributed by atoms with Crippen LogP contribution in [-0.4, -0.2) is 71.4 Å². The monoisotopic (exact) mass is 1040 g/mol. The minimum absolute atomic E-state index is 0.348. The highest BCUT2D eigenvalue weighted by Crippen LogP contribution is 2.71. The van der Waals surface area contributed by atoms with E-state index >= 15 is 26.3 Å². The first kappa shape index (κ1) is 58.2. The topological polar surface area (TPSA) is 26.3 Å². The summed E-state index contributed by atoms with van der Waals surface area (Å²) in [4.78, 5) is 12.2. The van der Waals surface area contributed by atoms with Gasteiger partial charge in [0, 0.05) is 14.7 Å². The van der Waals surface area contributed by atoms with E-state index in [1.54, 1.807) is 20.8 Å². The van der Waals surface area contributed by atoms with Gasteiger partial charge in [-0.15, -0.1) is 0 Å². The van der Waals surface area contributed by atoms with Crippen LogP contribution < -0.4 is 0 Å². The van der Waals surface area contributed by atoms with Crippen LogP contribution >= 0.6 is 10.3 Å². The highest BCUT2D eigenvalue weighted by Gasteiger charge is 2.99. The van der Waals surface area contributed by atoms with Crippen molar-refractivity contribution in [2.24, 2.45) is 0 Å². The Morgan fingerprint density at radius 3 is 0.809 bits per heavy atom. The Kier molecular flexibility index (Phi) is 16.8. The number of halogens is 23. The molecule has 0 aliphatic carbocycles. The summed E-state index contributed by atoms with van der Waals surface area (Å²) in [6.07, 6.45) is -3.58. The zero-order valence-corrected chi connectivity index (χ0v) is 36.0. The van der Waals surface area contributed by atoms with Crippen LogP contribution in [0.2, 0.25) is 0 Å². The molecule has 26 heteroatoms. The number of benzene rings is 3. The van der Waals surface area contributed by atoms with E-state index in [0.29, 0.717) is 74.5 Å². The Morgan fingerprint density at radius 1 is 0.368 bits per heavy atom. The SMILES string of the molecule is CCCCc1ccc(S(OC(=O)C(F)(F)C(F)(F)C(F)(F)C(F)(F)C(F)(F)C(F)(F)C(F)(F)C(F)(F)C(F)(F)C(F)(F)C(F)(F)F)(c2ccc(CCCC)cc2)c2ccc(CCCC)cc2)cc1. The molecule has 2 nitrogen and oxygen atoms in total. The first-order valence-electron chi connectivity index (χ1n) is 19.9. The molecule has 0 N–H and O–H groups in total. The summed E-state index contributed by atoms with van der Waals surface area (Å²) in [7, 11) is -4.45. The summed E-state index contributed by atoms with van der Waals surface area (Å²) in [6, 6.07) is 14.4. The molecular weight excluding hydrogens is 1010 g/mol. The lowest BCUT2D eigenvalue weighted by atomic mass is 9.85. The zero-order chi connectivity index (χ0) is 52.6.